The van der Waals surface area contributed by atoms with Gasteiger partial charge in [0.2, 0.25) is 0 Å². The van der Waals surface area contributed by atoms with E-state index in [2.05, 4.69) is 16.4 Å². The predicted molar refractivity (Wildman–Crippen MR) is 75.4 cm³/mol. The number of nitrogens with one attached hydrogen (secondary N) is 1. The fourth-order valence-electron chi connectivity index (χ4n) is 1.99. The van der Waals surface area contributed by atoms with Crippen molar-refractivity contribution in [3.63, 3.8) is 0 Å². The summed E-state index contributed by atoms with van der Waals surface area (Å²) < 4.78 is 0. The Kier molecular flexibility index (Phi) is 4.27. The molecule has 1 N–H and O–H groups in total. The Morgan fingerprint density at radius 3 is 2.68 bits per heavy atom. The first-order valence-corrected chi connectivity index (χ1v) is 6.32. The molecule has 3 nitrogen and oxygen atoms in total. The first-order chi connectivity index (χ1) is 9.19. The fourth-order valence-corrected chi connectivity index (χ4v) is 1.99. The van der Waals surface area contributed by atoms with Crippen LogP contribution in [-0.4, -0.2) is 4.98 Å². The summed E-state index contributed by atoms with van der Waals surface area (Å²) in [7, 11) is 0. The second-order valence-corrected chi connectivity index (χ2v) is 4.63. The van der Waals surface area contributed by atoms with E-state index in [-0.39, 0.29) is 0 Å². The van der Waals surface area contributed by atoms with Crippen LogP contribution in [0.1, 0.15) is 28.1 Å². The largest absolute Gasteiger partial charge is 0.307 e. The van der Waals surface area contributed by atoms with E-state index in [0.29, 0.717) is 5.56 Å². The van der Waals surface area contributed by atoms with Gasteiger partial charge in [-0.25, -0.2) is 0 Å². The molecule has 1 heterocycles. The van der Waals surface area contributed by atoms with E-state index < -0.39 is 0 Å². The maximum Gasteiger partial charge on any atom is 0.0991 e. The highest BCUT2D eigenvalue weighted by atomic mass is 14.9. The molecule has 0 amide bonds. The molecular formula is C16H17N3. The van der Waals surface area contributed by atoms with Crippen molar-refractivity contribution in [3.05, 3.63) is 64.5 Å². The fraction of sp³-hybridized carbons (Fsp3) is 0.250. The molecule has 96 valence electrons. The second-order valence-electron chi connectivity index (χ2n) is 4.63. The number of aryl methyl sites for hydroxylation is 2. The van der Waals surface area contributed by atoms with Gasteiger partial charge in [0.15, 0.2) is 0 Å². The molecule has 0 spiro atoms. The molecule has 0 atom stereocenters. The van der Waals surface area contributed by atoms with E-state index in [1.807, 2.05) is 50.2 Å². The lowest BCUT2D eigenvalue weighted by Gasteiger charge is -2.08. The number of benzene rings is 1. The number of hydrogen-bond acceptors (Lipinski definition) is 3. The molecule has 0 bridgehead atoms. The van der Waals surface area contributed by atoms with Crippen molar-refractivity contribution < 1.29 is 0 Å². The molecule has 1 aromatic carbocycles. The first kappa shape index (κ1) is 13.3. The maximum atomic E-state index is 8.83. The van der Waals surface area contributed by atoms with Crippen LogP contribution in [0.5, 0.6) is 0 Å². The number of pyridine rings is 1. The minimum absolute atomic E-state index is 0.710. The van der Waals surface area contributed by atoms with Gasteiger partial charge in [0.1, 0.15) is 0 Å². The van der Waals surface area contributed by atoms with Gasteiger partial charge in [0.05, 0.1) is 17.3 Å². The second kappa shape index (κ2) is 6.12. The van der Waals surface area contributed by atoms with Crippen molar-refractivity contribution in [2.45, 2.75) is 26.9 Å². The zero-order chi connectivity index (χ0) is 13.7. The molecule has 0 saturated carbocycles. The van der Waals surface area contributed by atoms with Gasteiger partial charge in [0.25, 0.3) is 0 Å². The van der Waals surface area contributed by atoms with Gasteiger partial charge >= 0.3 is 0 Å². The normalized spacial score (nSPS) is 10.2. The van der Waals surface area contributed by atoms with Crippen LogP contribution in [0.3, 0.4) is 0 Å². The standard InChI is InChI=1S/C16H17N3/c1-12-8-14(9-17)6-7-15(12)10-18-11-16-5-3-4-13(2)19-16/h3-8,18H,10-11H2,1-2H3. The number of rotatable bonds is 4. The summed E-state index contributed by atoms with van der Waals surface area (Å²) >= 11 is 0. The Labute approximate surface area is 113 Å². The van der Waals surface area contributed by atoms with Gasteiger partial charge in [0, 0.05) is 18.8 Å². The zero-order valence-corrected chi connectivity index (χ0v) is 11.3. The number of hydrogen-bond donors (Lipinski definition) is 1. The maximum absolute atomic E-state index is 8.83. The minimum Gasteiger partial charge on any atom is -0.307 e. The highest BCUT2D eigenvalue weighted by molar-refractivity contribution is 5.37. The summed E-state index contributed by atoms with van der Waals surface area (Å²) in [6.45, 7) is 5.56. The Morgan fingerprint density at radius 1 is 1.16 bits per heavy atom. The Balaban J connectivity index is 1.94. The number of aromatic nitrogens is 1. The van der Waals surface area contributed by atoms with E-state index in [9.17, 15) is 0 Å². The SMILES string of the molecule is Cc1cccc(CNCc2ccc(C#N)cc2C)n1. The van der Waals surface area contributed by atoms with E-state index in [1.54, 1.807) is 0 Å². The Hall–Kier alpha value is -2.18. The highest BCUT2D eigenvalue weighted by Gasteiger charge is 2.00. The third-order valence-electron chi connectivity index (χ3n) is 3.04. The molecule has 0 radical (unpaired) electrons. The highest BCUT2D eigenvalue weighted by Crippen LogP contribution is 2.10. The summed E-state index contributed by atoms with van der Waals surface area (Å²) in [5.41, 5.74) is 5.15. The van der Waals surface area contributed by atoms with E-state index >= 15 is 0 Å². The van der Waals surface area contributed by atoms with Crippen molar-refractivity contribution in [1.82, 2.24) is 10.3 Å². The number of nitrogens with zero attached hydrogens (tertiary/aromatic N) is 2. The molecule has 0 saturated heterocycles. The Morgan fingerprint density at radius 2 is 2.00 bits per heavy atom. The summed E-state index contributed by atoms with van der Waals surface area (Å²) in [6, 6.07) is 14.0. The van der Waals surface area contributed by atoms with Crippen LogP contribution in [0, 0.1) is 25.2 Å². The molecule has 3 heteroatoms. The molecule has 19 heavy (non-hydrogen) atoms. The van der Waals surface area contributed by atoms with E-state index in [0.717, 1.165) is 30.0 Å². The summed E-state index contributed by atoms with van der Waals surface area (Å²) in [5, 5.41) is 12.2. The van der Waals surface area contributed by atoms with E-state index in [4.69, 9.17) is 5.26 Å². The molecule has 0 fully saturated rings. The van der Waals surface area contributed by atoms with Gasteiger partial charge in [-0.2, -0.15) is 5.26 Å². The first-order valence-electron chi connectivity index (χ1n) is 6.32. The molecule has 0 aliphatic heterocycles. The van der Waals surface area contributed by atoms with Crippen molar-refractivity contribution in [2.24, 2.45) is 0 Å². The molecular weight excluding hydrogens is 234 g/mol. The van der Waals surface area contributed by atoms with Crippen LogP contribution in [0.15, 0.2) is 36.4 Å². The molecule has 0 aliphatic carbocycles. The van der Waals surface area contributed by atoms with Gasteiger partial charge in [-0.3, -0.25) is 4.98 Å². The van der Waals surface area contributed by atoms with Crippen LogP contribution >= 0.6 is 0 Å². The molecule has 0 aliphatic rings. The molecule has 1 aromatic heterocycles. The zero-order valence-electron chi connectivity index (χ0n) is 11.3. The van der Waals surface area contributed by atoms with Crippen LogP contribution in [-0.2, 0) is 13.1 Å². The topological polar surface area (TPSA) is 48.7 Å². The smallest absolute Gasteiger partial charge is 0.0991 e. The van der Waals surface area contributed by atoms with Gasteiger partial charge in [-0.05, 0) is 49.2 Å². The summed E-state index contributed by atoms with van der Waals surface area (Å²) in [6.07, 6.45) is 0. The van der Waals surface area contributed by atoms with Crippen LogP contribution < -0.4 is 5.32 Å². The van der Waals surface area contributed by atoms with Gasteiger partial charge < -0.3 is 5.32 Å². The van der Waals surface area contributed by atoms with Crippen LogP contribution in [0.4, 0.5) is 0 Å². The average Bonchev–Trinajstić information content (AvgIpc) is 2.40. The lowest BCUT2D eigenvalue weighted by Crippen LogP contribution is -2.14. The monoisotopic (exact) mass is 251 g/mol. The third kappa shape index (κ3) is 3.64. The minimum atomic E-state index is 0.710. The molecule has 0 unspecified atom stereocenters. The van der Waals surface area contributed by atoms with Crippen LogP contribution in [0.25, 0.3) is 0 Å². The van der Waals surface area contributed by atoms with Crippen molar-refractivity contribution in [3.8, 4) is 6.07 Å². The predicted octanol–water partition coefficient (Wildman–Crippen LogP) is 2.86. The third-order valence-corrected chi connectivity index (χ3v) is 3.04. The lowest BCUT2D eigenvalue weighted by molar-refractivity contribution is 0.675. The van der Waals surface area contributed by atoms with Crippen LogP contribution in [0.2, 0.25) is 0 Å². The number of nitriles is 1. The summed E-state index contributed by atoms with van der Waals surface area (Å²) in [4.78, 5) is 4.45. The van der Waals surface area contributed by atoms with Crippen molar-refractivity contribution >= 4 is 0 Å². The van der Waals surface area contributed by atoms with Crippen molar-refractivity contribution in [2.75, 3.05) is 0 Å². The van der Waals surface area contributed by atoms with Gasteiger partial charge in [-0.1, -0.05) is 12.1 Å². The quantitative estimate of drug-likeness (QED) is 0.909. The molecule has 2 aromatic rings. The van der Waals surface area contributed by atoms with E-state index in [1.165, 1.54) is 5.56 Å². The summed E-state index contributed by atoms with van der Waals surface area (Å²) in [5.74, 6) is 0. The molecule has 2 rings (SSSR count). The average molecular weight is 251 g/mol. The Bertz CT molecular complexity index is 612. The van der Waals surface area contributed by atoms with Crippen molar-refractivity contribution in [1.29, 1.82) is 5.26 Å². The van der Waals surface area contributed by atoms with Gasteiger partial charge in [-0.15, -0.1) is 0 Å². The lowest BCUT2D eigenvalue weighted by atomic mass is 10.1.